The molecule has 5 rings (SSSR count). The van der Waals surface area contributed by atoms with E-state index in [4.69, 9.17) is 4.42 Å². The lowest BCUT2D eigenvalue weighted by molar-refractivity contribution is 0.199. The third kappa shape index (κ3) is 3.81. The quantitative estimate of drug-likeness (QED) is 0.488. The van der Waals surface area contributed by atoms with Crippen molar-refractivity contribution in [1.29, 1.82) is 0 Å². The number of hydrazone groups is 1. The largest absolute Gasteiger partial charge is 0.508 e. The van der Waals surface area contributed by atoms with Gasteiger partial charge in [0.15, 0.2) is 12.2 Å². The highest BCUT2D eigenvalue weighted by atomic mass is 16.3. The Balaban J connectivity index is 1.45. The first-order valence-corrected chi connectivity index (χ1v) is 10.0. The van der Waals surface area contributed by atoms with E-state index in [9.17, 15) is 9.90 Å². The van der Waals surface area contributed by atoms with Crippen LogP contribution in [0.15, 0.2) is 95.2 Å². The summed E-state index contributed by atoms with van der Waals surface area (Å²) in [7, 11) is 0. The Labute approximate surface area is 183 Å². The highest BCUT2D eigenvalue weighted by Crippen LogP contribution is 2.37. The molecule has 0 radical (unpaired) electrons. The molecule has 1 aliphatic rings. The number of carbonyl (C=O) groups is 1. The molecule has 0 saturated carbocycles. The monoisotopic (exact) mass is 425 g/mol. The number of hydrogen-bond acceptors (Lipinski definition) is 6. The molecule has 1 atom stereocenters. The molecule has 2 aromatic heterocycles. The molecule has 1 unspecified atom stereocenters. The lowest BCUT2D eigenvalue weighted by Crippen LogP contribution is -2.31. The third-order valence-electron chi connectivity index (χ3n) is 5.24. The van der Waals surface area contributed by atoms with Crippen LogP contribution in [0.4, 0.5) is 10.5 Å². The molecule has 8 heteroatoms. The van der Waals surface area contributed by atoms with Crippen molar-refractivity contribution < 1.29 is 14.3 Å². The number of nitrogens with one attached hydrogen (secondary N) is 1. The van der Waals surface area contributed by atoms with Crippen LogP contribution in [0.5, 0.6) is 5.75 Å². The molecule has 0 spiro atoms. The molecule has 158 valence electrons. The first-order valence-electron chi connectivity index (χ1n) is 10.0. The molecule has 2 amide bonds. The average Bonchev–Trinajstić information content (AvgIpc) is 3.51. The predicted molar refractivity (Wildman–Crippen MR) is 119 cm³/mol. The first kappa shape index (κ1) is 19.5. The van der Waals surface area contributed by atoms with E-state index in [1.165, 1.54) is 11.4 Å². The standard InChI is InChI=1S/C24H19N5O3/c30-22-9-2-1-8-19(22)21-12-20(17-6-4-10-25-13-17)28-29(21)24(31)27-18-7-3-5-16(11-18)23-14-26-15-32-23/h1-11,13-15,21,30H,12H2,(H,27,31). The smallest absolute Gasteiger partial charge is 0.342 e. The van der Waals surface area contributed by atoms with Gasteiger partial charge in [-0.05, 0) is 24.3 Å². The number of hydrogen-bond donors (Lipinski definition) is 2. The molecule has 0 saturated heterocycles. The van der Waals surface area contributed by atoms with Gasteiger partial charge in [0.1, 0.15) is 5.75 Å². The minimum absolute atomic E-state index is 0.116. The van der Waals surface area contributed by atoms with E-state index >= 15 is 0 Å². The number of oxazole rings is 1. The Kier molecular flexibility index (Phi) is 5.09. The molecule has 3 heterocycles. The maximum atomic E-state index is 13.3. The van der Waals surface area contributed by atoms with Crippen LogP contribution in [-0.2, 0) is 0 Å². The second-order valence-corrected chi connectivity index (χ2v) is 7.29. The minimum Gasteiger partial charge on any atom is -0.508 e. The number of benzene rings is 2. The maximum absolute atomic E-state index is 13.3. The van der Waals surface area contributed by atoms with Gasteiger partial charge in [-0.25, -0.2) is 14.8 Å². The number of para-hydroxylation sites is 1. The fourth-order valence-electron chi connectivity index (χ4n) is 3.71. The van der Waals surface area contributed by atoms with Crippen LogP contribution in [0.25, 0.3) is 11.3 Å². The SMILES string of the molecule is O=C(Nc1cccc(-c2cnco2)c1)N1N=C(c2cccnc2)CC1c1ccccc1O. The van der Waals surface area contributed by atoms with Crippen molar-refractivity contribution in [2.75, 3.05) is 5.32 Å². The Hall–Kier alpha value is -4.46. The molecule has 2 N–H and O–H groups in total. The molecule has 4 aromatic rings. The lowest BCUT2D eigenvalue weighted by atomic mass is 9.98. The zero-order valence-electron chi connectivity index (χ0n) is 16.9. The van der Waals surface area contributed by atoms with Crippen molar-refractivity contribution in [2.24, 2.45) is 5.10 Å². The minimum atomic E-state index is -0.455. The number of urea groups is 1. The van der Waals surface area contributed by atoms with Gasteiger partial charge in [0.25, 0.3) is 0 Å². The predicted octanol–water partition coefficient (Wildman–Crippen LogP) is 4.83. The van der Waals surface area contributed by atoms with E-state index in [1.807, 2.05) is 30.3 Å². The van der Waals surface area contributed by atoms with Gasteiger partial charge >= 0.3 is 6.03 Å². The summed E-state index contributed by atoms with van der Waals surface area (Å²) in [5.41, 5.74) is 3.55. The Morgan fingerprint density at radius 1 is 1.03 bits per heavy atom. The summed E-state index contributed by atoms with van der Waals surface area (Å²) in [4.78, 5) is 21.3. The summed E-state index contributed by atoms with van der Waals surface area (Å²) in [5.74, 6) is 0.719. The van der Waals surface area contributed by atoms with Gasteiger partial charge in [-0.15, -0.1) is 0 Å². The van der Waals surface area contributed by atoms with Crippen LogP contribution in [0, 0.1) is 0 Å². The third-order valence-corrected chi connectivity index (χ3v) is 5.24. The number of nitrogens with zero attached hydrogens (tertiary/aromatic N) is 4. The van der Waals surface area contributed by atoms with Crippen molar-refractivity contribution in [3.63, 3.8) is 0 Å². The maximum Gasteiger partial charge on any atom is 0.342 e. The van der Waals surface area contributed by atoms with Crippen molar-refractivity contribution in [3.05, 3.63) is 96.8 Å². The number of phenolic OH excluding ortho intramolecular Hbond substituents is 1. The van der Waals surface area contributed by atoms with Gasteiger partial charge in [-0.3, -0.25) is 4.98 Å². The van der Waals surface area contributed by atoms with E-state index in [1.54, 1.807) is 48.9 Å². The zero-order chi connectivity index (χ0) is 21.9. The number of amides is 2. The number of carbonyl (C=O) groups excluding carboxylic acids is 1. The van der Waals surface area contributed by atoms with E-state index in [-0.39, 0.29) is 5.75 Å². The van der Waals surface area contributed by atoms with Gasteiger partial charge in [0.2, 0.25) is 0 Å². The van der Waals surface area contributed by atoms with Crippen LogP contribution in [0.1, 0.15) is 23.6 Å². The second-order valence-electron chi connectivity index (χ2n) is 7.29. The summed E-state index contributed by atoms with van der Waals surface area (Å²) in [6.45, 7) is 0. The van der Waals surface area contributed by atoms with Crippen molar-refractivity contribution in [1.82, 2.24) is 15.0 Å². The fraction of sp³-hybridized carbons (Fsp3) is 0.0833. The molecule has 8 nitrogen and oxygen atoms in total. The van der Waals surface area contributed by atoms with Crippen molar-refractivity contribution in [3.8, 4) is 17.1 Å². The highest BCUT2D eigenvalue weighted by Gasteiger charge is 2.34. The molecule has 0 fully saturated rings. The number of rotatable bonds is 4. The summed E-state index contributed by atoms with van der Waals surface area (Å²) in [6, 6.07) is 17.1. The van der Waals surface area contributed by atoms with Crippen molar-refractivity contribution >= 4 is 17.4 Å². The lowest BCUT2D eigenvalue weighted by Gasteiger charge is -2.23. The van der Waals surface area contributed by atoms with Crippen LogP contribution in [0.3, 0.4) is 0 Å². The van der Waals surface area contributed by atoms with E-state index in [0.717, 1.165) is 16.8 Å². The Morgan fingerprint density at radius 3 is 2.69 bits per heavy atom. The number of pyridine rings is 1. The molecule has 2 aromatic carbocycles. The molecule has 32 heavy (non-hydrogen) atoms. The highest BCUT2D eigenvalue weighted by molar-refractivity contribution is 6.04. The summed E-state index contributed by atoms with van der Waals surface area (Å²) in [6.07, 6.45) is 6.82. The summed E-state index contributed by atoms with van der Waals surface area (Å²) >= 11 is 0. The summed E-state index contributed by atoms with van der Waals surface area (Å²) < 4.78 is 5.34. The molecule has 0 aliphatic carbocycles. The second kappa shape index (κ2) is 8.35. The number of anilines is 1. The summed E-state index contributed by atoms with van der Waals surface area (Å²) in [5, 5.41) is 19.3. The molecular formula is C24H19N5O3. The van der Waals surface area contributed by atoms with Crippen LogP contribution >= 0.6 is 0 Å². The Morgan fingerprint density at radius 2 is 1.91 bits per heavy atom. The van der Waals surface area contributed by atoms with Gasteiger partial charge < -0.3 is 14.8 Å². The first-order chi connectivity index (χ1) is 15.7. The molecule has 1 aliphatic heterocycles. The van der Waals surface area contributed by atoms with E-state index < -0.39 is 12.1 Å². The normalized spacial score (nSPS) is 15.4. The number of phenols is 1. The molecule has 0 bridgehead atoms. The zero-order valence-corrected chi connectivity index (χ0v) is 16.9. The Bertz CT molecular complexity index is 1270. The average molecular weight is 425 g/mol. The van der Waals surface area contributed by atoms with Crippen molar-refractivity contribution in [2.45, 2.75) is 12.5 Å². The van der Waals surface area contributed by atoms with Gasteiger partial charge in [-0.2, -0.15) is 5.10 Å². The van der Waals surface area contributed by atoms with E-state index in [0.29, 0.717) is 23.4 Å². The molecular weight excluding hydrogens is 406 g/mol. The van der Waals surface area contributed by atoms with Crippen LogP contribution in [0.2, 0.25) is 0 Å². The fourth-order valence-corrected chi connectivity index (χ4v) is 3.71. The van der Waals surface area contributed by atoms with Gasteiger partial charge in [0, 0.05) is 41.2 Å². The van der Waals surface area contributed by atoms with Crippen LogP contribution < -0.4 is 5.32 Å². The van der Waals surface area contributed by atoms with Gasteiger partial charge in [0.05, 0.1) is 18.0 Å². The number of aromatic nitrogens is 2. The topological polar surface area (TPSA) is 104 Å². The number of aromatic hydroxyl groups is 1. The van der Waals surface area contributed by atoms with E-state index in [2.05, 4.69) is 20.4 Å². The van der Waals surface area contributed by atoms with Crippen LogP contribution in [-0.4, -0.2) is 31.8 Å². The van der Waals surface area contributed by atoms with Gasteiger partial charge in [-0.1, -0.05) is 36.4 Å².